The zero-order valence-electron chi connectivity index (χ0n) is 14.7. The average molecular weight is 389 g/mol. The topological polar surface area (TPSA) is 68.5 Å². The van der Waals surface area contributed by atoms with Crippen LogP contribution >= 0.6 is 11.3 Å². The summed E-state index contributed by atoms with van der Waals surface area (Å²) in [6.07, 6.45) is -0.131. The van der Waals surface area contributed by atoms with Gasteiger partial charge in [0.15, 0.2) is 14.6 Å². The minimum atomic E-state index is -3.48. The smallest absolute Gasteiger partial charge is 0.249 e. The van der Waals surface area contributed by atoms with Crippen LogP contribution in [-0.4, -0.2) is 24.6 Å². The molecular formula is C19H20N2O3S2. The van der Waals surface area contributed by atoms with E-state index >= 15 is 0 Å². The lowest BCUT2D eigenvalue weighted by molar-refractivity contribution is -0.117. The highest BCUT2D eigenvalue weighted by Gasteiger charge is 2.16. The maximum atomic E-state index is 12.3. The van der Waals surface area contributed by atoms with Crippen LogP contribution in [-0.2, 0) is 21.2 Å². The second-order valence-electron chi connectivity index (χ2n) is 5.99. The van der Waals surface area contributed by atoms with Crippen LogP contribution in [0.1, 0.15) is 18.9 Å². The fourth-order valence-electron chi connectivity index (χ4n) is 2.70. The van der Waals surface area contributed by atoms with E-state index in [-0.39, 0.29) is 17.1 Å². The zero-order valence-corrected chi connectivity index (χ0v) is 16.3. The van der Waals surface area contributed by atoms with Gasteiger partial charge in [0.25, 0.3) is 0 Å². The first-order valence-corrected chi connectivity index (χ1v) is 10.8. The summed E-state index contributed by atoms with van der Waals surface area (Å²) in [5.41, 5.74) is 2.18. The Balaban J connectivity index is 1.84. The third kappa shape index (κ3) is 3.94. The van der Waals surface area contributed by atoms with Crippen molar-refractivity contribution in [2.24, 2.45) is 4.99 Å². The third-order valence-electron chi connectivity index (χ3n) is 4.06. The van der Waals surface area contributed by atoms with Gasteiger partial charge in [0.05, 0.1) is 20.9 Å². The molecular weight excluding hydrogens is 368 g/mol. The largest absolute Gasteiger partial charge is 0.317 e. The van der Waals surface area contributed by atoms with Crippen molar-refractivity contribution < 1.29 is 13.2 Å². The normalized spacial score (nSPS) is 12.6. The summed E-state index contributed by atoms with van der Waals surface area (Å²) in [6.45, 7) is 4.71. The van der Waals surface area contributed by atoms with Gasteiger partial charge in [-0.25, -0.2) is 8.42 Å². The lowest BCUT2D eigenvalue weighted by Gasteiger charge is -2.02. The zero-order chi connectivity index (χ0) is 18.7. The quantitative estimate of drug-likeness (QED) is 0.673. The van der Waals surface area contributed by atoms with Crippen molar-refractivity contribution in [3.8, 4) is 0 Å². The van der Waals surface area contributed by atoms with E-state index in [0.717, 1.165) is 15.8 Å². The molecule has 7 heteroatoms. The molecule has 0 aliphatic rings. The Bertz CT molecular complexity index is 1110. The summed E-state index contributed by atoms with van der Waals surface area (Å²) in [7, 11) is -3.48. The number of hydrogen-bond donors (Lipinski definition) is 0. The molecule has 0 saturated heterocycles. The summed E-state index contributed by atoms with van der Waals surface area (Å²) in [5, 5.41) is 0. The molecule has 0 saturated carbocycles. The van der Waals surface area contributed by atoms with E-state index in [2.05, 4.69) is 11.1 Å². The fourth-order valence-corrected chi connectivity index (χ4v) is 5.16. The van der Waals surface area contributed by atoms with Gasteiger partial charge in [0.1, 0.15) is 0 Å². The number of amides is 1. The molecule has 1 heterocycles. The van der Waals surface area contributed by atoms with Crippen molar-refractivity contribution in [1.82, 2.24) is 4.57 Å². The number of aryl methyl sites for hydroxylation is 2. The Morgan fingerprint density at radius 2 is 1.88 bits per heavy atom. The molecule has 0 spiro atoms. The first-order valence-electron chi connectivity index (χ1n) is 8.36. The molecule has 0 radical (unpaired) electrons. The van der Waals surface area contributed by atoms with Gasteiger partial charge >= 0.3 is 0 Å². The van der Waals surface area contributed by atoms with Gasteiger partial charge in [-0.1, -0.05) is 35.6 Å². The molecule has 1 aromatic heterocycles. The lowest BCUT2D eigenvalue weighted by atomic mass is 10.2. The Morgan fingerprint density at radius 1 is 1.15 bits per heavy atom. The molecule has 0 unspecified atom stereocenters. The number of nitrogens with zero attached hydrogens (tertiary/aromatic N) is 2. The first-order chi connectivity index (χ1) is 12.4. The molecule has 2 aromatic carbocycles. The van der Waals surface area contributed by atoms with Crippen LogP contribution < -0.4 is 4.80 Å². The van der Waals surface area contributed by atoms with Gasteiger partial charge in [-0.05, 0) is 43.7 Å². The van der Waals surface area contributed by atoms with Crippen molar-refractivity contribution in [3.63, 3.8) is 0 Å². The van der Waals surface area contributed by atoms with Crippen LogP contribution in [0.5, 0.6) is 0 Å². The van der Waals surface area contributed by atoms with E-state index in [0.29, 0.717) is 11.3 Å². The molecule has 0 aliphatic heterocycles. The van der Waals surface area contributed by atoms with Crippen LogP contribution in [0.3, 0.4) is 0 Å². The average Bonchev–Trinajstić information content (AvgIpc) is 2.96. The third-order valence-corrected chi connectivity index (χ3v) is 6.83. The van der Waals surface area contributed by atoms with Crippen LogP contribution in [0, 0.1) is 6.92 Å². The number of hydrogen-bond acceptors (Lipinski definition) is 4. The van der Waals surface area contributed by atoms with Gasteiger partial charge in [-0.2, -0.15) is 4.99 Å². The van der Waals surface area contributed by atoms with E-state index in [1.165, 1.54) is 23.5 Å². The monoisotopic (exact) mass is 388 g/mol. The van der Waals surface area contributed by atoms with Gasteiger partial charge < -0.3 is 4.57 Å². The molecule has 0 aliphatic carbocycles. The maximum absolute atomic E-state index is 12.3. The molecule has 0 N–H and O–H groups in total. The highest BCUT2D eigenvalue weighted by Crippen LogP contribution is 2.19. The number of carbonyl (C=O) groups excluding carboxylic acids is 1. The predicted molar refractivity (Wildman–Crippen MR) is 104 cm³/mol. The van der Waals surface area contributed by atoms with Crippen molar-refractivity contribution >= 4 is 37.3 Å². The van der Waals surface area contributed by atoms with Gasteiger partial charge in [-0.3, -0.25) is 4.79 Å². The molecule has 26 heavy (non-hydrogen) atoms. The van der Waals surface area contributed by atoms with E-state index in [1.807, 2.05) is 30.5 Å². The van der Waals surface area contributed by atoms with Gasteiger partial charge in [-0.15, -0.1) is 0 Å². The second-order valence-corrected chi connectivity index (χ2v) is 9.11. The Morgan fingerprint density at radius 3 is 2.58 bits per heavy atom. The van der Waals surface area contributed by atoms with E-state index in [9.17, 15) is 13.2 Å². The molecule has 0 bridgehead atoms. The van der Waals surface area contributed by atoms with Crippen molar-refractivity contribution in [3.05, 3.63) is 58.9 Å². The SMILES string of the molecule is CCn1c(=NC(=O)CCS(=O)(=O)c2ccccc2)sc2cc(C)ccc21. The summed E-state index contributed by atoms with van der Waals surface area (Å²) >= 11 is 1.45. The molecule has 0 fully saturated rings. The van der Waals surface area contributed by atoms with Crippen molar-refractivity contribution in [1.29, 1.82) is 0 Å². The van der Waals surface area contributed by atoms with Crippen LogP contribution in [0.25, 0.3) is 10.2 Å². The highest BCUT2D eigenvalue weighted by atomic mass is 32.2. The lowest BCUT2D eigenvalue weighted by Crippen LogP contribution is -2.17. The fraction of sp³-hybridized carbons (Fsp3) is 0.263. The van der Waals surface area contributed by atoms with Crippen LogP contribution in [0.15, 0.2) is 58.4 Å². The Labute approximate surface area is 156 Å². The molecule has 3 rings (SSSR count). The standard InChI is InChI=1S/C19H20N2O3S2/c1-3-21-16-10-9-14(2)13-17(16)25-19(21)20-18(22)11-12-26(23,24)15-7-5-4-6-8-15/h4-10,13H,3,11-12H2,1-2H3. The predicted octanol–water partition coefficient (Wildman–Crippen LogP) is 3.32. The Kier molecular flexibility index (Phi) is 5.38. The van der Waals surface area contributed by atoms with Crippen molar-refractivity contribution in [2.75, 3.05) is 5.75 Å². The number of sulfone groups is 1. The summed E-state index contributed by atoms with van der Waals surface area (Å²) < 4.78 is 27.6. The summed E-state index contributed by atoms with van der Waals surface area (Å²) in [4.78, 5) is 17.3. The molecule has 136 valence electrons. The van der Waals surface area contributed by atoms with Crippen molar-refractivity contribution in [2.45, 2.75) is 31.7 Å². The Hall–Kier alpha value is -2.25. The number of thiazole rings is 1. The molecule has 5 nitrogen and oxygen atoms in total. The number of carbonyl (C=O) groups is 1. The number of rotatable bonds is 5. The minimum Gasteiger partial charge on any atom is -0.317 e. The maximum Gasteiger partial charge on any atom is 0.249 e. The summed E-state index contributed by atoms with van der Waals surface area (Å²) in [5.74, 6) is -0.662. The molecule has 3 aromatic rings. The van der Waals surface area contributed by atoms with Gasteiger partial charge in [0, 0.05) is 13.0 Å². The van der Waals surface area contributed by atoms with Gasteiger partial charge in [0.2, 0.25) is 5.91 Å². The number of fused-ring (bicyclic) bond motifs is 1. The van der Waals surface area contributed by atoms with E-state index in [4.69, 9.17) is 0 Å². The summed E-state index contributed by atoms with van der Waals surface area (Å²) in [6, 6.07) is 14.3. The van der Waals surface area contributed by atoms with Crippen LogP contribution in [0.4, 0.5) is 0 Å². The molecule has 1 amide bonds. The highest BCUT2D eigenvalue weighted by molar-refractivity contribution is 7.91. The number of aromatic nitrogens is 1. The van der Waals surface area contributed by atoms with E-state index in [1.54, 1.807) is 18.2 Å². The number of benzene rings is 2. The second kappa shape index (κ2) is 7.55. The van der Waals surface area contributed by atoms with E-state index < -0.39 is 15.7 Å². The minimum absolute atomic E-state index is 0.131. The van der Waals surface area contributed by atoms with Crippen LogP contribution in [0.2, 0.25) is 0 Å². The first kappa shape index (κ1) is 18.5. The molecule has 0 atom stereocenters.